The second-order valence-corrected chi connectivity index (χ2v) is 3.92. The highest BCUT2D eigenvalue weighted by Gasteiger charge is 2.05. The highest BCUT2D eigenvalue weighted by Crippen LogP contribution is 2.10. The van der Waals surface area contributed by atoms with Gasteiger partial charge in [0.05, 0.1) is 12.9 Å². The minimum atomic E-state index is 0.243. The van der Waals surface area contributed by atoms with Gasteiger partial charge >= 0.3 is 6.01 Å². The number of nitrogens with one attached hydrogen (secondary N) is 2. The Labute approximate surface area is 116 Å². The number of nitrogens with zero attached hydrogens (tertiary/aromatic N) is 5. The van der Waals surface area contributed by atoms with Crippen molar-refractivity contribution < 1.29 is 4.74 Å². The number of rotatable bonds is 8. The summed E-state index contributed by atoms with van der Waals surface area (Å²) in [6.07, 6.45) is 6.38. The van der Waals surface area contributed by atoms with Crippen LogP contribution in [0.4, 0.5) is 11.9 Å². The van der Waals surface area contributed by atoms with Crippen LogP contribution in [0.25, 0.3) is 0 Å². The number of ether oxygens (including phenoxy) is 1. The third kappa shape index (κ3) is 4.05. The molecule has 0 fully saturated rings. The molecule has 9 nitrogen and oxygen atoms in total. The van der Waals surface area contributed by atoms with Gasteiger partial charge in [-0.3, -0.25) is 5.43 Å². The summed E-state index contributed by atoms with van der Waals surface area (Å²) in [7, 11) is 0. The molecule has 0 spiro atoms. The zero-order valence-corrected chi connectivity index (χ0v) is 11.3. The lowest BCUT2D eigenvalue weighted by atomic mass is 10.4. The molecule has 0 saturated heterocycles. The van der Waals surface area contributed by atoms with Gasteiger partial charge in [-0.05, 0) is 13.3 Å². The lowest BCUT2D eigenvalue weighted by Gasteiger charge is -2.08. The van der Waals surface area contributed by atoms with E-state index in [-0.39, 0.29) is 12.0 Å². The highest BCUT2D eigenvalue weighted by molar-refractivity contribution is 5.34. The Morgan fingerprint density at radius 3 is 2.85 bits per heavy atom. The van der Waals surface area contributed by atoms with Crippen LogP contribution in [0, 0.1) is 0 Å². The molecule has 4 N–H and O–H groups in total. The second-order valence-electron chi connectivity index (χ2n) is 3.92. The number of aromatic nitrogens is 5. The van der Waals surface area contributed by atoms with Crippen molar-refractivity contribution in [2.75, 3.05) is 23.9 Å². The van der Waals surface area contributed by atoms with Gasteiger partial charge in [-0.2, -0.15) is 15.0 Å². The second kappa shape index (κ2) is 7.24. The molecular formula is C11H18N8O. The summed E-state index contributed by atoms with van der Waals surface area (Å²) in [5.74, 6) is 6.00. The van der Waals surface area contributed by atoms with Gasteiger partial charge in [-0.15, -0.1) is 0 Å². The van der Waals surface area contributed by atoms with E-state index >= 15 is 0 Å². The standard InChI is InChI=1S/C11H18N8O/c1-2-20-11-16-9(15-10(17-11)18-12)14-4-3-6-19-7-5-13-8-19/h5,7-8H,2-4,6,12H2,1H3,(H2,14,15,16,17,18). The van der Waals surface area contributed by atoms with Gasteiger partial charge in [0.2, 0.25) is 11.9 Å². The minimum absolute atomic E-state index is 0.243. The van der Waals surface area contributed by atoms with Crippen molar-refractivity contribution in [3.63, 3.8) is 0 Å². The number of hydrogen-bond acceptors (Lipinski definition) is 8. The smallest absolute Gasteiger partial charge is 0.323 e. The van der Waals surface area contributed by atoms with Gasteiger partial charge in [-0.1, -0.05) is 0 Å². The first-order valence-corrected chi connectivity index (χ1v) is 6.37. The van der Waals surface area contributed by atoms with Crippen molar-refractivity contribution in [2.45, 2.75) is 19.9 Å². The largest absolute Gasteiger partial charge is 0.464 e. The number of aryl methyl sites for hydroxylation is 1. The zero-order chi connectivity index (χ0) is 14.2. The number of nitrogens with two attached hydrogens (primary N) is 1. The molecule has 2 aromatic heterocycles. The lowest BCUT2D eigenvalue weighted by molar-refractivity contribution is 0.312. The number of nitrogen functional groups attached to an aromatic ring is 1. The van der Waals surface area contributed by atoms with Gasteiger partial charge in [0.25, 0.3) is 0 Å². The average molecular weight is 278 g/mol. The van der Waals surface area contributed by atoms with E-state index in [9.17, 15) is 0 Å². The summed E-state index contributed by atoms with van der Waals surface area (Å²) < 4.78 is 7.25. The Hall–Kier alpha value is -2.42. The van der Waals surface area contributed by atoms with Gasteiger partial charge < -0.3 is 14.6 Å². The fourth-order valence-corrected chi connectivity index (χ4v) is 1.57. The number of hydrazine groups is 1. The van der Waals surface area contributed by atoms with E-state index in [1.807, 2.05) is 17.7 Å². The van der Waals surface area contributed by atoms with E-state index in [0.29, 0.717) is 12.6 Å². The Balaban J connectivity index is 1.86. The Morgan fingerprint density at radius 2 is 2.15 bits per heavy atom. The fraction of sp³-hybridized carbons (Fsp3) is 0.455. The molecule has 2 rings (SSSR count). The molecule has 0 amide bonds. The molecule has 0 aliphatic heterocycles. The first kappa shape index (κ1) is 14.0. The first-order chi connectivity index (χ1) is 9.81. The summed E-state index contributed by atoms with van der Waals surface area (Å²) in [6.45, 7) is 3.93. The topological polar surface area (TPSA) is 116 Å². The average Bonchev–Trinajstić information content (AvgIpc) is 2.97. The molecule has 0 aromatic carbocycles. The molecule has 0 bridgehead atoms. The van der Waals surface area contributed by atoms with Crippen molar-refractivity contribution >= 4 is 11.9 Å². The summed E-state index contributed by atoms with van der Waals surface area (Å²) in [5, 5.41) is 3.11. The van der Waals surface area contributed by atoms with Crippen LogP contribution in [0.1, 0.15) is 13.3 Å². The fourth-order valence-electron chi connectivity index (χ4n) is 1.57. The Bertz CT molecular complexity index is 515. The van der Waals surface area contributed by atoms with Crippen LogP contribution in [-0.4, -0.2) is 37.7 Å². The number of imidazole rings is 1. The molecule has 108 valence electrons. The molecule has 9 heteroatoms. The Kier molecular flexibility index (Phi) is 5.07. The predicted octanol–water partition coefficient (Wildman–Crippen LogP) is 0.255. The van der Waals surface area contributed by atoms with E-state index < -0.39 is 0 Å². The van der Waals surface area contributed by atoms with E-state index in [1.54, 1.807) is 12.5 Å². The van der Waals surface area contributed by atoms with Crippen molar-refractivity contribution in [2.24, 2.45) is 5.84 Å². The van der Waals surface area contributed by atoms with Crippen molar-refractivity contribution in [1.82, 2.24) is 24.5 Å². The third-order valence-corrected chi connectivity index (χ3v) is 2.45. The van der Waals surface area contributed by atoms with Crippen LogP contribution in [0.5, 0.6) is 6.01 Å². The molecule has 0 atom stereocenters. The quantitative estimate of drug-likeness (QED) is 0.357. The van der Waals surface area contributed by atoms with Crippen LogP contribution in [0.2, 0.25) is 0 Å². The van der Waals surface area contributed by atoms with Gasteiger partial charge in [0.15, 0.2) is 0 Å². The normalized spacial score (nSPS) is 10.3. The molecule has 2 aromatic rings. The molecular weight excluding hydrogens is 260 g/mol. The van der Waals surface area contributed by atoms with Crippen LogP contribution in [-0.2, 0) is 6.54 Å². The molecule has 2 heterocycles. The van der Waals surface area contributed by atoms with Crippen molar-refractivity contribution in [3.05, 3.63) is 18.7 Å². The first-order valence-electron chi connectivity index (χ1n) is 6.37. The molecule has 0 saturated carbocycles. The van der Waals surface area contributed by atoms with Crippen molar-refractivity contribution in [1.29, 1.82) is 0 Å². The molecule has 0 radical (unpaired) electrons. The highest BCUT2D eigenvalue weighted by atomic mass is 16.5. The maximum atomic E-state index is 5.31. The molecule has 0 aliphatic carbocycles. The van der Waals surface area contributed by atoms with E-state index in [4.69, 9.17) is 10.6 Å². The van der Waals surface area contributed by atoms with Gasteiger partial charge in [0, 0.05) is 25.5 Å². The van der Waals surface area contributed by atoms with Gasteiger partial charge in [0.1, 0.15) is 0 Å². The molecule has 0 unspecified atom stereocenters. The number of hydrogen-bond donors (Lipinski definition) is 3. The predicted molar refractivity (Wildman–Crippen MR) is 74.1 cm³/mol. The van der Waals surface area contributed by atoms with Crippen LogP contribution >= 0.6 is 0 Å². The van der Waals surface area contributed by atoms with Crippen LogP contribution in [0.15, 0.2) is 18.7 Å². The summed E-state index contributed by atoms with van der Waals surface area (Å²) in [4.78, 5) is 16.2. The minimum Gasteiger partial charge on any atom is -0.464 e. The Morgan fingerprint density at radius 1 is 1.30 bits per heavy atom. The van der Waals surface area contributed by atoms with E-state index in [1.165, 1.54) is 0 Å². The van der Waals surface area contributed by atoms with E-state index in [0.717, 1.165) is 19.5 Å². The third-order valence-electron chi connectivity index (χ3n) is 2.45. The summed E-state index contributed by atoms with van der Waals surface area (Å²) in [6, 6.07) is 0.243. The van der Waals surface area contributed by atoms with Crippen LogP contribution in [0.3, 0.4) is 0 Å². The molecule has 20 heavy (non-hydrogen) atoms. The van der Waals surface area contributed by atoms with Crippen LogP contribution < -0.4 is 21.3 Å². The molecule has 0 aliphatic rings. The van der Waals surface area contributed by atoms with Gasteiger partial charge in [-0.25, -0.2) is 10.8 Å². The zero-order valence-electron chi connectivity index (χ0n) is 11.3. The van der Waals surface area contributed by atoms with E-state index in [2.05, 4.69) is 30.7 Å². The van der Waals surface area contributed by atoms with Crippen molar-refractivity contribution in [3.8, 4) is 6.01 Å². The maximum Gasteiger partial charge on any atom is 0.323 e. The SMILES string of the molecule is CCOc1nc(NN)nc(NCCCn2ccnc2)n1. The summed E-state index contributed by atoms with van der Waals surface area (Å²) in [5.41, 5.74) is 2.38. The maximum absolute atomic E-state index is 5.31. The summed E-state index contributed by atoms with van der Waals surface area (Å²) >= 11 is 0. The lowest BCUT2D eigenvalue weighted by Crippen LogP contribution is -2.15. The monoisotopic (exact) mass is 278 g/mol. The number of anilines is 2.